The Morgan fingerprint density at radius 3 is 1.16 bits per heavy atom. The van der Waals surface area contributed by atoms with E-state index in [2.05, 4.69) is 57.6 Å². The molecule has 0 aliphatic carbocycles. The molecule has 0 amide bonds. The minimum Gasteiger partial charge on any atom is -0.454 e. The first-order chi connectivity index (χ1) is 34.9. The number of nitrogens with zero attached hydrogens (tertiary/aromatic N) is 6. The van der Waals surface area contributed by atoms with E-state index in [1.807, 2.05) is 68.4 Å². The fourth-order valence-electron chi connectivity index (χ4n) is 9.13. The van der Waals surface area contributed by atoms with Gasteiger partial charge in [0.05, 0.1) is 73.2 Å². The lowest BCUT2D eigenvalue weighted by Crippen LogP contribution is -2.13. The third kappa shape index (κ3) is 8.31. The van der Waals surface area contributed by atoms with Crippen molar-refractivity contribution in [3.8, 4) is 68.5 Å². The molecule has 374 valence electrons. The molecule has 0 atom stereocenters. The van der Waals surface area contributed by atoms with Gasteiger partial charge in [0, 0.05) is 21.9 Å². The molecular weight excluding hydrogens is 1150 g/mol. The van der Waals surface area contributed by atoms with Crippen LogP contribution in [-0.4, -0.2) is 39.9 Å². The van der Waals surface area contributed by atoms with E-state index in [9.17, 15) is 0 Å². The molecule has 20 heteroatoms. The zero-order valence-electron chi connectivity index (χ0n) is 40.1. The number of aromatic nitrogens is 8. The number of ether oxygens (including phenoxy) is 2. The average molecular weight is 1180 g/mol. The summed E-state index contributed by atoms with van der Waals surface area (Å²) in [7, 11) is 0. The number of hydrogen-bond acceptors (Lipinski definition) is 8. The van der Waals surface area contributed by atoms with Crippen molar-refractivity contribution in [2.75, 3.05) is 0 Å². The number of hydrogen-bond donors (Lipinski definition) is 2. The van der Waals surface area contributed by atoms with Crippen LogP contribution < -0.4 is 9.47 Å². The predicted octanol–water partition coefficient (Wildman–Crippen LogP) is 20.2. The van der Waals surface area contributed by atoms with Gasteiger partial charge in [-0.3, -0.25) is 0 Å². The van der Waals surface area contributed by atoms with Crippen molar-refractivity contribution in [1.29, 1.82) is 0 Å². The second-order valence-electron chi connectivity index (χ2n) is 19.9. The number of halogens is 10. The van der Waals surface area contributed by atoms with Crippen LogP contribution in [0.1, 0.15) is 63.8 Å². The third-order valence-corrected chi connectivity index (χ3v) is 16.9. The summed E-state index contributed by atoms with van der Waals surface area (Å²) in [5.41, 5.74) is 5.04. The third-order valence-electron chi connectivity index (χ3n) is 12.7. The van der Waals surface area contributed by atoms with Crippen LogP contribution in [0.25, 0.3) is 89.7 Å². The van der Waals surface area contributed by atoms with Crippen LogP contribution in [0, 0.1) is 13.8 Å². The minimum atomic E-state index is -0.352. The van der Waals surface area contributed by atoms with Crippen molar-refractivity contribution in [3.05, 3.63) is 133 Å². The van der Waals surface area contributed by atoms with Crippen LogP contribution in [0.3, 0.4) is 0 Å². The van der Waals surface area contributed by atoms with Crippen molar-refractivity contribution < 1.29 is 9.47 Å². The van der Waals surface area contributed by atoms with Gasteiger partial charge in [-0.25, -0.2) is 29.9 Å². The normalized spacial score (nSPS) is 12.5. The predicted molar refractivity (Wildman–Crippen MR) is 306 cm³/mol. The molecule has 0 radical (unpaired) electrons. The molecule has 10 nitrogen and oxygen atoms in total. The standard InChI is InChI=1S/C54H36Cl10N8O2/c1-19-13-15-25(23(17-19)53(3,4)5)73-43-37(59)31-29(35(57)41(43)63)48-67-46-22-12-10-9-11-21(22)45(65-46)66-47-27-28(34(56)40(62)39(61)33(27)55)49(68-47)70-50-30-32(52(71-50)72-51(31)69-48)38(60)44(42(64)36(30)58)74-26-16-14-20(2)18-24(26)54(6,7)8/h9-18H,1-8H3,(H2,65,66,67,68,69,70,71,72). The van der Waals surface area contributed by atoms with Gasteiger partial charge in [0.15, 0.2) is 34.8 Å². The maximum absolute atomic E-state index is 7.56. The molecule has 8 bridgehead atoms. The second-order valence-corrected chi connectivity index (χ2v) is 23.7. The van der Waals surface area contributed by atoms with Crippen molar-refractivity contribution in [2.45, 2.75) is 66.2 Å². The summed E-state index contributed by atoms with van der Waals surface area (Å²) in [6.07, 6.45) is 0. The maximum atomic E-state index is 7.56. The van der Waals surface area contributed by atoms with Gasteiger partial charge >= 0.3 is 0 Å². The summed E-state index contributed by atoms with van der Waals surface area (Å²) < 4.78 is 13.4. The van der Waals surface area contributed by atoms with Crippen LogP contribution in [0.4, 0.5) is 0 Å². The molecule has 2 aliphatic rings. The van der Waals surface area contributed by atoms with E-state index in [-0.39, 0.29) is 140 Å². The van der Waals surface area contributed by atoms with E-state index in [0.29, 0.717) is 33.6 Å². The molecule has 0 spiro atoms. The summed E-state index contributed by atoms with van der Waals surface area (Å²) in [6, 6.07) is 19.2. The van der Waals surface area contributed by atoms with E-state index in [1.165, 1.54) is 0 Å². The van der Waals surface area contributed by atoms with E-state index in [0.717, 1.165) is 22.3 Å². The maximum Gasteiger partial charge on any atom is 0.166 e. The van der Waals surface area contributed by atoms with Crippen molar-refractivity contribution in [3.63, 3.8) is 0 Å². The van der Waals surface area contributed by atoms with Crippen molar-refractivity contribution in [2.24, 2.45) is 0 Å². The number of fused-ring (bicyclic) bond motifs is 20. The van der Waals surface area contributed by atoms with Gasteiger partial charge in [-0.15, -0.1) is 0 Å². The number of H-pyrrole nitrogens is 2. The highest BCUT2D eigenvalue weighted by Gasteiger charge is 2.35. The van der Waals surface area contributed by atoms with Crippen LogP contribution in [-0.2, 0) is 10.8 Å². The highest BCUT2D eigenvalue weighted by molar-refractivity contribution is 6.55. The van der Waals surface area contributed by atoms with Gasteiger partial charge in [0.2, 0.25) is 0 Å². The lowest BCUT2D eigenvalue weighted by atomic mass is 9.85. The lowest BCUT2D eigenvalue weighted by molar-refractivity contribution is 0.455. The van der Waals surface area contributed by atoms with Gasteiger partial charge in [-0.1, -0.05) is 217 Å². The zero-order chi connectivity index (χ0) is 52.8. The molecule has 6 aromatic carbocycles. The Morgan fingerprint density at radius 2 is 0.730 bits per heavy atom. The Morgan fingerprint density at radius 1 is 0.378 bits per heavy atom. The molecule has 2 aliphatic heterocycles. The van der Waals surface area contributed by atoms with Crippen LogP contribution >= 0.6 is 116 Å². The highest BCUT2D eigenvalue weighted by Crippen LogP contribution is 2.56. The summed E-state index contributed by atoms with van der Waals surface area (Å²) in [4.78, 5) is 37.1. The summed E-state index contributed by atoms with van der Waals surface area (Å²) >= 11 is 71.9. The largest absolute Gasteiger partial charge is 0.454 e. The molecule has 0 unspecified atom stereocenters. The first kappa shape index (κ1) is 51.3. The minimum absolute atomic E-state index is 0.00297. The number of aromatic amines is 2. The van der Waals surface area contributed by atoms with E-state index >= 15 is 0 Å². The highest BCUT2D eigenvalue weighted by atomic mass is 35.5. The summed E-state index contributed by atoms with van der Waals surface area (Å²) in [5, 5.41) is 1.89. The van der Waals surface area contributed by atoms with E-state index in [4.69, 9.17) is 155 Å². The quantitative estimate of drug-likeness (QED) is 0.132. The number of aryl methyl sites for hydroxylation is 2. The van der Waals surface area contributed by atoms with Crippen molar-refractivity contribution >= 4 is 160 Å². The van der Waals surface area contributed by atoms with Gasteiger partial charge in [-0.2, -0.15) is 0 Å². The molecule has 3 aromatic heterocycles. The first-order valence-corrected chi connectivity index (χ1v) is 26.5. The zero-order valence-corrected chi connectivity index (χ0v) is 47.6. The monoisotopic (exact) mass is 1180 g/mol. The molecule has 2 N–H and O–H groups in total. The molecule has 11 rings (SSSR count). The summed E-state index contributed by atoms with van der Waals surface area (Å²) in [5.74, 6) is 1.38. The topological polar surface area (TPSA) is 127 Å². The fraction of sp³-hybridized carbons (Fsp3) is 0.185. The Hall–Kier alpha value is -4.82. The fourth-order valence-corrected chi connectivity index (χ4v) is 11.9. The number of nitrogens with one attached hydrogen (secondary N) is 2. The van der Waals surface area contributed by atoms with Crippen molar-refractivity contribution in [1.82, 2.24) is 39.9 Å². The molecule has 9 aromatic rings. The van der Waals surface area contributed by atoms with Gasteiger partial charge in [-0.05, 0) is 36.8 Å². The molecule has 74 heavy (non-hydrogen) atoms. The smallest absolute Gasteiger partial charge is 0.166 e. The lowest BCUT2D eigenvalue weighted by Gasteiger charge is -2.24. The Kier molecular flexibility index (Phi) is 12.8. The molecular formula is C54H36Cl10N8O2. The first-order valence-electron chi connectivity index (χ1n) is 22.7. The van der Waals surface area contributed by atoms with Crippen LogP contribution in [0.15, 0.2) is 60.7 Å². The van der Waals surface area contributed by atoms with Crippen LogP contribution in [0.5, 0.6) is 23.0 Å². The number of benzene rings is 6. The van der Waals surface area contributed by atoms with Gasteiger partial charge in [0.1, 0.15) is 44.1 Å². The molecule has 0 fully saturated rings. The Labute approximate surface area is 473 Å². The van der Waals surface area contributed by atoms with Gasteiger partial charge in [0.25, 0.3) is 0 Å². The Balaban J connectivity index is 1.30. The van der Waals surface area contributed by atoms with Crippen LogP contribution in [0.2, 0.25) is 50.2 Å². The molecule has 5 heterocycles. The van der Waals surface area contributed by atoms with Gasteiger partial charge < -0.3 is 19.4 Å². The van der Waals surface area contributed by atoms with E-state index in [1.54, 1.807) is 0 Å². The summed E-state index contributed by atoms with van der Waals surface area (Å²) in [6.45, 7) is 16.5. The Bertz CT molecular complexity index is 4160. The molecule has 0 saturated carbocycles. The second kappa shape index (κ2) is 18.4. The molecule has 0 saturated heterocycles. The SMILES string of the molecule is Cc1ccc(Oc2c(Cl)c(Cl)c3c(c2Cl)-c2nc-3nc3[nH]c(nc4nc(nc5[nH]c(n2)c2c(Cl)c(Oc6ccc(C)cc6C(C)(C)C)c(Cl)c(Cl)c52)-c2c(Cl)c(Cl)c(Cl)c(Cl)c2-4)c2ccccc32)c(C(C)(C)C)c1. The number of rotatable bonds is 4. The average Bonchev–Trinajstić information content (AvgIpc) is 4.10. The van der Waals surface area contributed by atoms with E-state index < -0.39 is 0 Å².